The molecule has 2 aliphatic rings. The van der Waals surface area contributed by atoms with Crippen LogP contribution in [-0.4, -0.2) is 58.0 Å². The lowest BCUT2D eigenvalue weighted by molar-refractivity contribution is -0.0287. The van der Waals surface area contributed by atoms with Crippen molar-refractivity contribution < 1.29 is 13.2 Å². The average Bonchev–Trinajstić information content (AvgIpc) is 2.71. The Kier molecular flexibility index (Phi) is 3.73. The zero-order valence-electron chi connectivity index (χ0n) is 12.1. The number of morpholine rings is 1. The lowest BCUT2D eigenvalue weighted by atomic mass is 10.1. The van der Waals surface area contributed by atoms with Gasteiger partial charge in [0.1, 0.15) is 5.84 Å². The molecule has 1 fully saturated rings. The second-order valence-corrected chi connectivity index (χ2v) is 7.14. The van der Waals surface area contributed by atoms with E-state index in [-0.39, 0.29) is 17.0 Å². The largest absolute Gasteiger partial charge is 0.373 e. The van der Waals surface area contributed by atoms with E-state index in [1.807, 2.05) is 20.0 Å². The SMILES string of the molecule is CC(N=C1NS(=O)(=O)c2ccccc21)C1CN(C)CCO1. The molecule has 0 saturated carbocycles. The van der Waals surface area contributed by atoms with E-state index in [2.05, 4.69) is 14.6 Å². The Bertz CT molecular complexity index is 672. The predicted molar refractivity (Wildman–Crippen MR) is 80.0 cm³/mol. The number of hydrogen-bond acceptors (Lipinski definition) is 5. The van der Waals surface area contributed by atoms with E-state index in [0.717, 1.165) is 13.1 Å². The highest BCUT2D eigenvalue weighted by atomic mass is 32.2. The fourth-order valence-electron chi connectivity index (χ4n) is 2.62. The molecule has 1 N–H and O–H groups in total. The molecule has 0 spiro atoms. The predicted octanol–water partition coefficient (Wildman–Crippen LogP) is 0.444. The van der Waals surface area contributed by atoms with Crippen LogP contribution in [0.5, 0.6) is 0 Å². The molecule has 0 aromatic heterocycles. The van der Waals surface area contributed by atoms with Gasteiger partial charge < -0.3 is 9.64 Å². The molecule has 1 aromatic rings. The zero-order valence-corrected chi connectivity index (χ0v) is 12.9. The van der Waals surface area contributed by atoms with E-state index in [1.54, 1.807) is 18.2 Å². The Labute approximate surface area is 124 Å². The number of sulfonamides is 1. The van der Waals surface area contributed by atoms with Gasteiger partial charge in [-0.1, -0.05) is 12.1 Å². The lowest BCUT2D eigenvalue weighted by Crippen LogP contribution is -2.45. The highest BCUT2D eigenvalue weighted by Crippen LogP contribution is 2.23. The number of hydrogen-bond donors (Lipinski definition) is 1. The molecule has 21 heavy (non-hydrogen) atoms. The van der Waals surface area contributed by atoms with Gasteiger partial charge in [0.05, 0.1) is 23.6 Å². The van der Waals surface area contributed by atoms with Crippen LogP contribution >= 0.6 is 0 Å². The maximum atomic E-state index is 12.0. The molecule has 2 atom stereocenters. The Morgan fingerprint density at radius 3 is 2.95 bits per heavy atom. The number of likely N-dealkylation sites (N-methyl/N-ethyl adjacent to an activating group) is 1. The van der Waals surface area contributed by atoms with Crippen molar-refractivity contribution in [3.05, 3.63) is 29.8 Å². The molecule has 1 aromatic carbocycles. The number of amidine groups is 1. The van der Waals surface area contributed by atoms with Gasteiger partial charge in [0.2, 0.25) is 0 Å². The molecule has 3 rings (SSSR count). The minimum absolute atomic E-state index is 0.0199. The lowest BCUT2D eigenvalue weighted by Gasteiger charge is -2.32. The van der Waals surface area contributed by atoms with Crippen molar-refractivity contribution in [1.29, 1.82) is 0 Å². The monoisotopic (exact) mass is 309 g/mol. The second-order valence-electron chi connectivity index (χ2n) is 5.49. The van der Waals surface area contributed by atoms with E-state index >= 15 is 0 Å². The maximum Gasteiger partial charge on any atom is 0.263 e. The van der Waals surface area contributed by atoms with E-state index in [0.29, 0.717) is 18.0 Å². The molecule has 7 heteroatoms. The molecular formula is C14H19N3O3S. The Hall–Kier alpha value is -1.44. The van der Waals surface area contributed by atoms with Crippen LogP contribution in [0.1, 0.15) is 12.5 Å². The first-order valence-electron chi connectivity index (χ1n) is 6.97. The third-order valence-electron chi connectivity index (χ3n) is 3.83. The number of benzene rings is 1. The minimum Gasteiger partial charge on any atom is -0.373 e. The van der Waals surface area contributed by atoms with Gasteiger partial charge in [-0.25, -0.2) is 8.42 Å². The quantitative estimate of drug-likeness (QED) is 0.861. The van der Waals surface area contributed by atoms with Crippen LogP contribution in [0.3, 0.4) is 0 Å². The number of aliphatic imine (C=N–C) groups is 1. The van der Waals surface area contributed by atoms with Crippen molar-refractivity contribution in [2.45, 2.75) is 24.0 Å². The Morgan fingerprint density at radius 2 is 2.19 bits per heavy atom. The van der Waals surface area contributed by atoms with Crippen molar-refractivity contribution >= 4 is 15.9 Å². The topological polar surface area (TPSA) is 71.0 Å². The smallest absolute Gasteiger partial charge is 0.263 e. The summed E-state index contributed by atoms with van der Waals surface area (Å²) in [6.07, 6.45) is -0.0199. The third-order valence-corrected chi connectivity index (χ3v) is 5.23. The summed E-state index contributed by atoms with van der Waals surface area (Å²) in [5, 5.41) is 0. The molecule has 0 radical (unpaired) electrons. The Balaban J connectivity index is 1.87. The van der Waals surface area contributed by atoms with Crippen LogP contribution in [0.15, 0.2) is 34.2 Å². The summed E-state index contributed by atoms with van der Waals surface area (Å²) in [7, 11) is -1.43. The second kappa shape index (κ2) is 5.40. The number of rotatable bonds is 2. The van der Waals surface area contributed by atoms with Crippen LogP contribution < -0.4 is 4.72 Å². The number of fused-ring (bicyclic) bond motifs is 1. The number of nitrogens with one attached hydrogen (secondary N) is 1. The van der Waals surface area contributed by atoms with Gasteiger partial charge in [-0.3, -0.25) is 9.71 Å². The zero-order chi connectivity index (χ0) is 15.0. The normalized spacial score (nSPS) is 28.1. The Morgan fingerprint density at radius 1 is 1.43 bits per heavy atom. The van der Waals surface area contributed by atoms with Crippen molar-refractivity contribution in [1.82, 2.24) is 9.62 Å². The van der Waals surface area contributed by atoms with Crippen LogP contribution in [0, 0.1) is 0 Å². The fraction of sp³-hybridized carbons (Fsp3) is 0.500. The molecule has 0 aliphatic carbocycles. The van der Waals surface area contributed by atoms with Crippen LogP contribution in [0.4, 0.5) is 0 Å². The summed E-state index contributed by atoms with van der Waals surface area (Å²) in [4.78, 5) is 7.03. The summed E-state index contributed by atoms with van der Waals surface area (Å²) >= 11 is 0. The first-order chi connectivity index (χ1) is 9.97. The molecule has 2 unspecified atom stereocenters. The molecule has 0 bridgehead atoms. The first-order valence-corrected chi connectivity index (χ1v) is 8.46. The van der Waals surface area contributed by atoms with Crippen molar-refractivity contribution in [3.63, 3.8) is 0 Å². The number of nitrogens with zero attached hydrogens (tertiary/aromatic N) is 2. The fourth-order valence-corrected chi connectivity index (χ4v) is 3.86. The van der Waals surface area contributed by atoms with Gasteiger partial charge >= 0.3 is 0 Å². The highest BCUT2D eigenvalue weighted by Gasteiger charge is 2.32. The van der Waals surface area contributed by atoms with Gasteiger partial charge in [0, 0.05) is 18.7 Å². The van der Waals surface area contributed by atoms with Gasteiger partial charge in [-0.2, -0.15) is 0 Å². The van der Waals surface area contributed by atoms with Gasteiger partial charge in [-0.05, 0) is 26.1 Å². The molecule has 6 nitrogen and oxygen atoms in total. The first kappa shape index (κ1) is 14.5. The summed E-state index contributed by atoms with van der Waals surface area (Å²) in [6, 6.07) is 6.77. The van der Waals surface area contributed by atoms with Crippen LogP contribution in [0.25, 0.3) is 0 Å². The maximum absolute atomic E-state index is 12.0. The minimum atomic E-state index is -3.47. The molecule has 1 saturated heterocycles. The van der Waals surface area contributed by atoms with Crippen molar-refractivity contribution in [2.75, 3.05) is 26.7 Å². The van der Waals surface area contributed by atoms with Gasteiger partial charge in [0.15, 0.2) is 0 Å². The van der Waals surface area contributed by atoms with E-state index in [1.165, 1.54) is 0 Å². The molecule has 114 valence electrons. The standard InChI is InChI=1S/C14H19N3O3S/c1-10(12-9-17(2)7-8-20-12)15-14-11-5-3-4-6-13(11)21(18,19)16-14/h3-6,10,12H,7-9H2,1-2H3,(H,15,16). The number of ether oxygens (including phenoxy) is 1. The van der Waals surface area contributed by atoms with E-state index in [4.69, 9.17) is 4.74 Å². The molecule has 2 heterocycles. The van der Waals surface area contributed by atoms with Crippen molar-refractivity contribution in [3.8, 4) is 0 Å². The third kappa shape index (κ3) is 2.81. The summed E-state index contributed by atoms with van der Waals surface area (Å²) in [5.41, 5.74) is 0.633. The van der Waals surface area contributed by atoms with Gasteiger partial charge in [0.25, 0.3) is 10.0 Å². The molecule has 2 aliphatic heterocycles. The molecular weight excluding hydrogens is 290 g/mol. The van der Waals surface area contributed by atoms with Gasteiger partial charge in [-0.15, -0.1) is 0 Å². The van der Waals surface area contributed by atoms with Crippen LogP contribution in [0.2, 0.25) is 0 Å². The average molecular weight is 309 g/mol. The summed E-state index contributed by atoms with van der Waals surface area (Å²) in [5.74, 6) is 0.412. The van der Waals surface area contributed by atoms with E-state index < -0.39 is 10.0 Å². The van der Waals surface area contributed by atoms with Crippen LogP contribution in [-0.2, 0) is 14.8 Å². The molecule has 0 amide bonds. The summed E-state index contributed by atoms with van der Waals surface area (Å²) < 4.78 is 32.3. The summed E-state index contributed by atoms with van der Waals surface area (Å²) in [6.45, 7) is 4.34. The van der Waals surface area contributed by atoms with E-state index in [9.17, 15) is 8.42 Å². The van der Waals surface area contributed by atoms with Crippen molar-refractivity contribution in [2.24, 2.45) is 4.99 Å². The highest BCUT2D eigenvalue weighted by molar-refractivity contribution is 7.90.